The first-order valence-corrected chi connectivity index (χ1v) is 7.40. The highest BCUT2D eigenvalue weighted by Crippen LogP contribution is 2.27. The zero-order valence-electron chi connectivity index (χ0n) is 9.20. The monoisotopic (exact) mass is 361 g/mol. The van der Waals surface area contributed by atoms with Crippen molar-refractivity contribution in [2.45, 2.75) is 18.9 Å². The van der Waals surface area contributed by atoms with Crippen LogP contribution in [-0.2, 0) is 0 Å². The average molecular weight is 363 g/mol. The summed E-state index contributed by atoms with van der Waals surface area (Å²) in [4.78, 5) is 14.1. The van der Waals surface area contributed by atoms with E-state index in [1.165, 1.54) is 6.07 Å². The molecule has 17 heavy (non-hydrogen) atoms. The molecule has 1 atom stereocenters. The third kappa shape index (κ3) is 2.65. The van der Waals surface area contributed by atoms with Gasteiger partial charge in [-0.3, -0.25) is 4.79 Å². The van der Waals surface area contributed by atoms with E-state index in [9.17, 15) is 9.90 Å². The fourth-order valence-corrected chi connectivity index (χ4v) is 2.99. The zero-order valence-corrected chi connectivity index (χ0v) is 12.4. The summed E-state index contributed by atoms with van der Waals surface area (Å²) in [5, 5.41) is 10.4. The number of hydrogen-bond donors (Lipinski definition) is 1. The van der Waals surface area contributed by atoms with Gasteiger partial charge in [0.2, 0.25) is 0 Å². The third-order valence-corrected chi connectivity index (χ3v) is 4.43. The first kappa shape index (κ1) is 12.9. The summed E-state index contributed by atoms with van der Waals surface area (Å²) >= 11 is 6.64. The number of amides is 1. The largest absolute Gasteiger partial charge is 0.507 e. The van der Waals surface area contributed by atoms with E-state index in [1.807, 2.05) is 4.90 Å². The van der Waals surface area contributed by atoms with Gasteiger partial charge in [0.25, 0.3) is 5.91 Å². The molecule has 1 saturated heterocycles. The van der Waals surface area contributed by atoms with Crippen LogP contribution in [0.15, 0.2) is 22.7 Å². The molecule has 2 rings (SSSR count). The van der Waals surface area contributed by atoms with Crippen LogP contribution in [0.25, 0.3) is 0 Å². The SMILES string of the molecule is O=C(c1ccc(Br)c(O)c1)N1CCCC1CBr. The van der Waals surface area contributed by atoms with Gasteiger partial charge in [-0.2, -0.15) is 0 Å². The fraction of sp³-hybridized carbons (Fsp3) is 0.417. The number of phenolic OH excluding ortho intramolecular Hbond substituents is 1. The number of phenols is 1. The molecule has 0 saturated carbocycles. The molecule has 5 heteroatoms. The van der Waals surface area contributed by atoms with Crippen LogP contribution in [-0.4, -0.2) is 33.8 Å². The van der Waals surface area contributed by atoms with Gasteiger partial charge in [-0.1, -0.05) is 15.9 Å². The van der Waals surface area contributed by atoms with Gasteiger partial charge >= 0.3 is 0 Å². The Morgan fingerprint density at radius 3 is 2.94 bits per heavy atom. The van der Waals surface area contributed by atoms with Crippen molar-refractivity contribution in [1.82, 2.24) is 4.90 Å². The molecule has 92 valence electrons. The molecule has 1 fully saturated rings. The number of carbonyl (C=O) groups is 1. The molecular formula is C12H13Br2NO2. The van der Waals surface area contributed by atoms with Crippen molar-refractivity contribution in [2.24, 2.45) is 0 Å². The van der Waals surface area contributed by atoms with Crippen LogP contribution in [0.4, 0.5) is 0 Å². The molecule has 1 N–H and O–H groups in total. The molecule has 0 aliphatic carbocycles. The molecule has 1 aliphatic heterocycles. The minimum Gasteiger partial charge on any atom is -0.507 e. The standard InChI is InChI=1S/C12H13Br2NO2/c13-7-9-2-1-5-15(9)12(17)8-3-4-10(14)11(16)6-8/h3-4,6,9,16H,1-2,5,7H2. The lowest BCUT2D eigenvalue weighted by atomic mass is 10.1. The fourth-order valence-electron chi connectivity index (χ4n) is 2.08. The third-order valence-electron chi connectivity index (χ3n) is 3.01. The van der Waals surface area contributed by atoms with Crippen molar-refractivity contribution in [3.63, 3.8) is 0 Å². The van der Waals surface area contributed by atoms with Gasteiger partial charge in [0.05, 0.1) is 4.47 Å². The summed E-state index contributed by atoms with van der Waals surface area (Å²) in [5.41, 5.74) is 0.540. The molecule has 1 aliphatic rings. The molecule has 0 aromatic heterocycles. The molecular weight excluding hydrogens is 350 g/mol. The quantitative estimate of drug-likeness (QED) is 0.821. The normalized spacial score (nSPS) is 19.6. The maximum atomic E-state index is 12.3. The number of halogens is 2. The van der Waals surface area contributed by atoms with Crippen molar-refractivity contribution in [2.75, 3.05) is 11.9 Å². The van der Waals surface area contributed by atoms with Gasteiger partial charge in [-0.05, 0) is 47.0 Å². The summed E-state index contributed by atoms with van der Waals surface area (Å²) in [7, 11) is 0. The van der Waals surface area contributed by atoms with E-state index >= 15 is 0 Å². The molecule has 1 amide bonds. The van der Waals surface area contributed by atoms with Crippen LogP contribution in [0.3, 0.4) is 0 Å². The Hall–Kier alpha value is -0.550. The van der Waals surface area contributed by atoms with Crippen LogP contribution >= 0.6 is 31.9 Å². The predicted octanol–water partition coefficient (Wildman–Crippen LogP) is 3.15. The van der Waals surface area contributed by atoms with Gasteiger partial charge in [0.1, 0.15) is 5.75 Å². The molecule has 0 radical (unpaired) electrons. The second-order valence-electron chi connectivity index (χ2n) is 4.12. The summed E-state index contributed by atoms with van der Waals surface area (Å²) in [6.07, 6.45) is 2.09. The van der Waals surface area contributed by atoms with Crippen molar-refractivity contribution in [1.29, 1.82) is 0 Å². The van der Waals surface area contributed by atoms with E-state index in [2.05, 4.69) is 31.9 Å². The Kier molecular flexibility index (Phi) is 4.09. The van der Waals surface area contributed by atoms with Crippen molar-refractivity contribution >= 4 is 37.8 Å². The van der Waals surface area contributed by atoms with Crippen molar-refractivity contribution in [3.8, 4) is 5.75 Å². The van der Waals surface area contributed by atoms with Gasteiger partial charge in [-0.25, -0.2) is 0 Å². The molecule has 1 aromatic rings. The van der Waals surface area contributed by atoms with Crippen LogP contribution in [0.5, 0.6) is 5.75 Å². The number of likely N-dealkylation sites (tertiary alicyclic amines) is 1. The average Bonchev–Trinajstić information content (AvgIpc) is 2.80. The Morgan fingerprint density at radius 1 is 1.53 bits per heavy atom. The minimum atomic E-state index is -0.00486. The second kappa shape index (κ2) is 5.40. The van der Waals surface area contributed by atoms with Gasteiger partial charge in [0, 0.05) is 23.5 Å². The Morgan fingerprint density at radius 2 is 2.29 bits per heavy atom. The number of benzene rings is 1. The molecule has 1 aromatic carbocycles. The Labute approximate surface area is 117 Å². The maximum absolute atomic E-state index is 12.3. The predicted molar refractivity (Wildman–Crippen MR) is 73.7 cm³/mol. The van der Waals surface area contributed by atoms with E-state index in [0.717, 1.165) is 24.7 Å². The van der Waals surface area contributed by atoms with E-state index in [0.29, 0.717) is 10.0 Å². The van der Waals surface area contributed by atoms with Gasteiger partial charge in [-0.15, -0.1) is 0 Å². The number of alkyl halides is 1. The lowest BCUT2D eigenvalue weighted by molar-refractivity contribution is 0.0750. The topological polar surface area (TPSA) is 40.5 Å². The molecule has 1 heterocycles. The van der Waals surface area contributed by atoms with Crippen LogP contribution < -0.4 is 0 Å². The van der Waals surface area contributed by atoms with E-state index in [1.54, 1.807) is 12.1 Å². The highest BCUT2D eigenvalue weighted by molar-refractivity contribution is 9.10. The summed E-state index contributed by atoms with van der Waals surface area (Å²) in [6, 6.07) is 5.21. The van der Waals surface area contributed by atoms with Crippen LogP contribution in [0, 0.1) is 0 Å². The highest BCUT2D eigenvalue weighted by Gasteiger charge is 2.28. The van der Waals surface area contributed by atoms with Crippen molar-refractivity contribution in [3.05, 3.63) is 28.2 Å². The van der Waals surface area contributed by atoms with Gasteiger partial charge < -0.3 is 10.0 Å². The molecule has 0 spiro atoms. The minimum absolute atomic E-state index is 0.00486. The second-order valence-corrected chi connectivity index (χ2v) is 5.62. The van der Waals surface area contributed by atoms with Gasteiger partial charge in [0.15, 0.2) is 0 Å². The molecule has 1 unspecified atom stereocenters. The van der Waals surface area contributed by atoms with Crippen LogP contribution in [0.2, 0.25) is 0 Å². The number of aromatic hydroxyl groups is 1. The van der Waals surface area contributed by atoms with Crippen LogP contribution in [0.1, 0.15) is 23.2 Å². The highest BCUT2D eigenvalue weighted by atomic mass is 79.9. The first-order chi connectivity index (χ1) is 8.13. The summed E-state index contributed by atoms with van der Waals surface area (Å²) in [5.74, 6) is 0.0974. The maximum Gasteiger partial charge on any atom is 0.254 e. The number of hydrogen-bond acceptors (Lipinski definition) is 2. The van der Waals surface area contributed by atoms with E-state index in [4.69, 9.17) is 0 Å². The summed E-state index contributed by atoms with van der Waals surface area (Å²) < 4.78 is 0.604. The smallest absolute Gasteiger partial charge is 0.254 e. The van der Waals surface area contributed by atoms with E-state index < -0.39 is 0 Å². The molecule has 3 nitrogen and oxygen atoms in total. The summed E-state index contributed by atoms with van der Waals surface area (Å²) in [6.45, 7) is 0.798. The number of nitrogens with zero attached hydrogens (tertiary/aromatic N) is 1. The zero-order chi connectivity index (χ0) is 12.4. The lowest BCUT2D eigenvalue weighted by Crippen LogP contribution is -2.36. The van der Waals surface area contributed by atoms with Crippen molar-refractivity contribution < 1.29 is 9.90 Å². The number of rotatable bonds is 2. The Balaban J connectivity index is 2.21. The van der Waals surface area contributed by atoms with E-state index in [-0.39, 0.29) is 17.7 Å². The number of carbonyl (C=O) groups excluding carboxylic acids is 1. The first-order valence-electron chi connectivity index (χ1n) is 5.49. The Bertz CT molecular complexity index is 437. The molecule has 0 bridgehead atoms. The lowest BCUT2D eigenvalue weighted by Gasteiger charge is -2.23.